The number of hydrogen-bond donors (Lipinski definition) is 1. The summed E-state index contributed by atoms with van der Waals surface area (Å²) in [4.78, 5) is 30.6. The van der Waals surface area contributed by atoms with Crippen LogP contribution >= 0.6 is 11.6 Å². The molecule has 0 unspecified atom stereocenters. The standard InChI is InChI=1S/C25H27ClN2O4/c1-5-32-25(30)23-16(2)22(17(3)27-23)15-28(14-18-9-11-21(31-4)12-10-18)24(29)19-7-6-8-20(26)13-19/h6-13,27H,5,14-15H2,1-4H3. The summed E-state index contributed by atoms with van der Waals surface area (Å²) in [7, 11) is 1.61. The van der Waals surface area contributed by atoms with Crippen molar-refractivity contribution in [2.75, 3.05) is 13.7 Å². The summed E-state index contributed by atoms with van der Waals surface area (Å²) in [6.07, 6.45) is 0. The maximum absolute atomic E-state index is 13.4. The number of esters is 1. The number of halogens is 1. The second-order valence-electron chi connectivity index (χ2n) is 7.47. The number of hydrogen-bond acceptors (Lipinski definition) is 4. The second kappa shape index (κ2) is 10.4. The van der Waals surface area contributed by atoms with E-state index < -0.39 is 5.97 Å². The fraction of sp³-hybridized carbons (Fsp3) is 0.280. The zero-order valence-electron chi connectivity index (χ0n) is 18.7. The van der Waals surface area contributed by atoms with Gasteiger partial charge in [-0.3, -0.25) is 4.79 Å². The molecular formula is C25H27ClN2O4. The maximum atomic E-state index is 13.4. The molecule has 0 aliphatic carbocycles. The van der Waals surface area contributed by atoms with Crippen LogP contribution in [0.3, 0.4) is 0 Å². The van der Waals surface area contributed by atoms with Crippen LogP contribution in [-0.4, -0.2) is 35.5 Å². The monoisotopic (exact) mass is 454 g/mol. The van der Waals surface area contributed by atoms with E-state index in [1.165, 1.54) is 0 Å². The first-order valence-corrected chi connectivity index (χ1v) is 10.7. The first-order valence-electron chi connectivity index (χ1n) is 10.4. The minimum absolute atomic E-state index is 0.152. The molecule has 1 heterocycles. The normalized spacial score (nSPS) is 10.7. The van der Waals surface area contributed by atoms with E-state index in [0.717, 1.165) is 28.1 Å². The molecule has 0 saturated carbocycles. The van der Waals surface area contributed by atoms with Crippen LogP contribution in [0.2, 0.25) is 5.02 Å². The van der Waals surface area contributed by atoms with Crippen molar-refractivity contribution in [2.45, 2.75) is 33.9 Å². The van der Waals surface area contributed by atoms with Gasteiger partial charge in [0.1, 0.15) is 11.4 Å². The Kier molecular flexibility index (Phi) is 7.59. The van der Waals surface area contributed by atoms with E-state index in [-0.39, 0.29) is 5.91 Å². The molecule has 6 nitrogen and oxygen atoms in total. The Hall–Kier alpha value is -3.25. The van der Waals surface area contributed by atoms with Gasteiger partial charge in [-0.25, -0.2) is 4.79 Å². The number of carbonyl (C=O) groups excluding carboxylic acids is 2. The highest BCUT2D eigenvalue weighted by atomic mass is 35.5. The molecule has 32 heavy (non-hydrogen) atoms. The molecule has 0 fully saturated rings. The van der Waals surface area contributed by atoms with Gasteiger partial charge in [0.25, 0.3) is 5.91 Å². The summed E-state index contributed by atoms with van der Waals surface area (Å²) in [6, 6.07) is 14.5. The molecule has 0 aliphatic rings. The van der Waals surface area contributed by atoms with Gasteiger partial charge < -0.3 is 19.4 Å². The minimum atomic E-state index is -0.401. The average Bonchev–Trinajstić information content (AvgIpc) is 3.07. The molecule has 0 saturated heterocycles. The van der Waals surface area contributed by atoms with Gasteiger partial charge in [-0.15, -0.1) is 0 Å². The van der Waals surface area contributed by atoms with Crippen molar-refractivity contribution in [3.8, 4) is 5.75 Å². The molecule has 7 heteroatoms. The summed E-state index contributed by atoms with van der Waals surface area (Å²) in [5.41, 5.74) is 4.36. The van der Waals surface area contributed by atoms with Gasteiger partial charge in [0.05, 0.1) is 13.7 Å². The van der Waals surface area contributed by atoms with E-state index in [2.05, 4.69) is 4.98 Å². The van der Waals surface area contributed by atoms with Crippen molar-refractivity contribution in [2.24, 2.45) is 0 Å². The topological polar surface area (TPSA) is 71.6 Å². The average molecular weight is 455 g/mol. The van der Waals surface area contributed by atoms with Gasteiger partial charge in [0, 0.05) is 29.4 Å². The zero-order valence-corrected chi connectivity index (χ0v) is 19.5. The van der Waals surface area contributed by atoms with Crippen LogP contribution in [0.15, 0.2) is 48.5 Å². The molecule has 0 bridgehead atoms. The summed E-state index contributed by atoms with van der Waals surface area (Å²) in [6.45, 7) is 6.52. The van der Waals surface area contributed by atoms with Crippen molar-refractivity contribution in [1.29, 1.82) is 0 Å². The number of H-pyrrole nitrogens is 1. The number of nitrogens with zero attached hydrogens (tertiary/aromatic N) is 1. The Bertz CT molecular complexity index is 1110. The maximum Gasteiger partial charge on any atom is 0.355 e. The van der Waals surface area contributed by atoms with Crippen molar-refractivity contribution in [1.82, 2.24) is 9.88 Å². The van der Waals surface area contributed by atoms with Gasteiger partial charge in [-0.2, -0.15) is 0 Å². The molecule has 3 rings (SSSR count). The fourth-order valence-electron chi connectivity index (χ4n) is 3.58. The van der Waals surface area contributed by atoms with E-state index in [1.54, 1.807) is 43.2 Å². The Morgan fingerprint density at radius 2 is 1.78 bits per heavy atom. The molecule has 0 atom stereocenters. The van der Waals surface area contributed by atoms with Crippen LogP contribution in [0.25, 0.3) is 0 Å². The van der Waals surface area contributed by atoms with E-state index in [9.17, 15) is 9.59 Å². The molecule has 0 aliphatic heterocycles. The molecule has 1 N–H and O–H groups in total. The summed E-state index contributed by atoms with van der Waals surface area (Å²) in [5.74, 6) is 0.195. The first kappa shape index (κ1) is 23.4. The Balaban J connectivity index is 1.95. The number of nitrogens with one attached hydrogen (secondary N) is 1. The highest BCUT2D eigenvalue weighted by Gasteiger charge is 2.23. The Labute approximate surface area is 193 Å². The number of ether oxygens (including phenoxy) is 2. The van der Waals surface area contributed by atoms with Crippen molar-refractivity contribution in [3.05, 3.63) is 87.2 Å². The van der Waals surface area contributed by atoms with E-state index in [1.807, 2.05) is 38.1 Å². The highest BCUT2D eigenvalue weighted by Crippen LogP contribution is 2.24. The summed E-state index contributed by atoms with van der Waals surface area (Å²) >= 11 is 6.12. The quantitative estimate of drug-likeness (QED) is 0.468. The van der Waals surface area contributed by atoms with Crippen molar-refractivity contribution in [3.63, 3.8) is 0 Å². The van der Waals surface area contributed by atoms with Crippen LogP contribution in [0.5, 0.6) is 5.75 Å². The van der Waals surface area contributed by atoms with Gasteiger partial charge in [0.15, 0.2) is 0 Å². The fourth-order valence-corrected chi connectivity index (χ4v) is 3.77. The van der Waals surface area contributed by atoms with Crippen LogP contribution in [-0.2, 0) is 17.8 Å². The number of benzene rings is 2. The molecule has 1 aromatic heterocycles. The summed E-state index contributed by atoms with van der Waals surface area (Å²) < 4.78 is 10.4. The Morgan fingerprint density at radius 1 is 1.06 bits per heavy atom. The Morgan fingerprint density at radius 3 is 2.41 bits per heavy atom. The molecule has 3 aromatic rings. The lowest BCUT2D eigenvalue weighted by Crippen LogP contribution is -2.30. The van der Waals surface area contributed by atoms with E-state index in [4.69, 9.17) is 21.1 Å². The third kappa shape index (κ3) is 5.32. The largest absolute Gasteiger partial charge is 0.497 e. The smallest absolute Gasteiger partial charge is 0.355 e. The number of aromatic nitrogens is 1. The third-order valence-corrected chi connectivity index (χ3v) is 5.55. The lowest BCUT2D eigenvalue weighted by atomic mass is 10.1. The highest BCUT2D eigenvalue weighted by molar-refractivity contribution is 6.30. The number of carbonyl (C=O) groups is 2. The molecular weight excluding hydrogens is 428 g/mol. The minimum Gasteiger partial charge on any atom is -0.497 e. The van der Waals surface area contributed by atoms with Gasteiger partial charge in [-0.1, -0.05) is 29.8 Å². The molecule has 168 valence electrons. The van der Waals surface area contributed by atoms with Crippen molar-refractivity contribution >= 4 is 23.5 Å². The number of aromatic amines is 1. The molecule has 2 aromatic carbocycles. The number of methoxy groups -OCH3 is 1. The van der Waals surface area contributed by atoms with Crippen molar-refractivity contribution < 1.29 is 19.1 Å². The van der Waals surface area contributed by atoms with Crippen LogP contribution < -0.4 is 4.74 Å². The molecule has 1 amide bonds. The second-order valence-corrected chi connectivity index (χ2v) is 7.91. The number of rotatable bonds is 8. The van der Waals surface area contributed by atoms with E-state index in [0.29, 0.717) is 36.0 Å². The SMILES string of the molecule is CCOC(=O)c1[nH]c(C)c(CN(Cc2ccc(OC)cc2)C(=O)c2cccc(Cl)c2)c1C. The summed E-state index contributed by atoms with van der Waals surface area (Å²) in [5, 5.41) is 0.499. The predicted octanol–water partition coefficient (Wildman–Crippen LogP) is 5.31. The number of aryl methyl sites for hydroxylation is 1. The van der Waals surface area contributed by atoms with Crippen LogP contribution in [0, 0.1) is 13.8 Å². The lowest BCUT2D eigenvalue weighted by Gasteiger charge is -2.24. The molecule has 0 radical (unpaired) electrons. The number of amides is 1. The lowest BCUT2D eigenvalue weighted by molar-refractivity contribution is 0.0519. The van der Waals surface area contributed by atoms with Gasteiger partial charge in [-0.05, 0) is 67.8 Å². The van der Waals surface area contributed by atoms with E-state index >= 15 is 0 Å². The zero-order chi connectivity index (χ0) is 23.3. The van der Waals surface area contributed by atoms with Gasteiger partial charge >= 0.3 is 5.97 Å². The van der Waals surface area contributed by atoms with Crippen LogP contribution in [0.1, 0.15) is 50.2 Å². The third-order valence-electron chi connectivity index (χ3n) is 5.31. The predicted molar refractivity (Wildman–Crippen MR) is 124 cm³/mol. The van der Waals surface area contributed by atoms with Gasteiger partial charge in [0.2, 0.25) is 0 Å². The molecule has 0 spiro atoms. The first-order chi connectivity index (χ1) is 15.3. The van der Waals surface area contributed by atoms with Crippen LogP contribution in [0.4, 0.5) is 0 Å².